The van der Waals surface area contributed by atoms with Crippen molar-refractivity contribution in [2.45, 2.75) is 91.9 Å². The van der Waals surface area contributed by atoms with Crippen LogP contribution in [0.3, 0.4) is 0 Å². The average Bonchev–Trinajstić information content (AvgIpc) is 2.74. The van der Waals surface area contributed by atoms with Gasteiger partial charge >= 0.3 is 11.9 Å². The Morgan fingerprint density at radius 2 is 1.40 bits per heavy atom. The van der Waals surface area contributed by atoms with Gasteiger partial charge in [0.05, 0.1) is 24.3 Å². The highest BCUT2D eigenvalue weighted by Crippen LogP contribution is 2.18. The zero-order chi connectivity index (χ0) is 22.2. The standard InChI is InChI=1S/C26H42O4/c1-5-7-9-16-22(14-6-2)20-30-26(28)24-18-12-11-17-23(24)25(27)29-19-13-8-10-15-21(3)4/h11-12,17-18,21-22H,5-10,13-16,19-20H2,1-4H3. The number of benzene rings is 1. The van der Waals surface area contributed by atoms with Crippen LogP contribution in [0.25, 0.3) is 0 Å². The molecule has 0 amide bonds. The Morgan fingerprint density at radius 1 is 0.767 bits per heavy atom. The molecule has 1 unspecified atom stereocenters. The molecule has 1 atom stereocenters. The van der Waals surface area contributed by atoms with Gasteiger partial charge in [0.2, 0.25) is 0 Å². The molecule has 0 aliphatic heterocycles. The van der Waals surface area contributed by atoms with Crippen molar-refractivity contribution in [3.8, 4) is 0 Å². The van der Waals surface area contributed by atoms with E-state index < -0.39 is 11.9 Å². The van der Waals surface area contributed by atoms with Gasteiger partial charge in [-0.05, 0) is 43.2 Å². The maximum absolute atomic E-state index is 12.7. The molecule has 1 aromatic rings. The van der Waals surface area contributed by atoms with E-state index in [9.17, 15) is 9.59 Å². The molecule has 0 N–H and O–H groups in total. The highest BCUT2D eigenvalue weighted by Gasteiger charge is 2.20. The number of esters is 2. The molecule has 4 nitrogen and oxygen atoms in total. The van der Waals surface area contributed by atoms with Crippen LogP contribution >= 0.6 is 0 Å². The van der Waals surface area contributed by atoms with Gasteiger partial charge in [-0.15, -0.1) is 0 Å². The Kier molecular flexibility index (Phi) is 13.9. The Balaban J connectivity index is 2.55. The fourth-order valence-corrected chi connectivity index (χ4v) is 3.59. The summed E-state index contributed by atoms with van der Waals surface area (Å²) in [6.07, 6.45) is 11.0. The van der Waals surface area contributed by atoms with Crippen molar-refractivity contribution < 1.29 is 19.1 Å². The lowest BCUT2D eigenvalue weighted by Crippen LogP contribution is -2.18. The summed E-state index contributed by atoms with van der Waals surface area (Å²) in [5.74, 6) is 0.208. The molecule has 4 heteroatoms. The Hall–Kier alpha value is -1.84. The molecule has 0 aliphatic rings. The molecule has 0 heterocycles. The average molecular weight is 419 g/mol. The van der Waals surface area contributed by atoms with Crippen LogP contribution in [0, 0.1) is 11.8 Å². The molecule has 0 saturated heterocycles. The number of ether oxygens (including phenoxy) is 2. The molecule has 0 radical (unpaired) electrons. The number of carbonyl (C=O) groups is 2. The third-order valence-corrected chi connectivity index (χ3v) is 5.39. The lowest BCUT2D eigenvalue weighted by atomic mass is 9.97. The van der Waals surface area contributed by atoms with Crippen LogP contribution in [-0.2, 0) is 9.47 Å². The maximum atomic E-state index is 12.7. The molecular weight excluding hydrogens is 376 g/mol. The fraction of sp³-hybridized carbons (Fsp3) is 0.692. The predicted octanol–water partition coefficient (Wildman–Crippen LogP) is 7.21. The third-order valence-electron chi connectivity index (χ3n) is 5.39. The quantitative estimate of drug-likeness (QED) is 0.210. The van der Waals surface area contributed by atoms with Crippen molar-refractivity contribution in [3.05, 3.63) is 35.4 Å². The topological polar surface area (TPSA) is 52.6 Å². The van der Waals surface area contributed by atoms with Crippen molar-refractivity contribution in [1.29, 1.82) is 0 Å². The zero-order valence-electron chi connectivity index (χ0n) is 19.6. The van der Waals surface area contributed by atoms with E-state index in [1.165, 1.54) is 25.7 Å². The van der Waals surface area contributed by atoms with Crippen molar-refractivity contribution in [2.75, 3.05) is 13.2 Å². The zero-order valence-corrected chi connectivity index (χ0v) is 19.6. The van der Waals surface area contributed by atoms with Gasteiger partial charge in [-0.2, -0.15) is 0 Å². The summed E-state index contributed by atoms with van der Waals surface area (Å²) in [5, 5.41) is 0. The minimum Gasteiger partial charge on any atom is -0.462 e. The summed E-state index contributed by atoms with van der Waals surface area (Å²) >= 11 is 0. The largest absolute Gasteiger partial charge is 0.462 e. The van der Waals surface area contributed by atoms with Gasteiger partial charge in [-0.1, -0.05) is 84.8 Å². The van der Waals surface area contributed by atoms with E-state index in [0.717, 1.165) is 38.5 Å². The van der Waals surface area contributed by atoms with E-state index in [4.69, 9.17) is 9.47 Å². The molecule has 1 rings (SSSR count). The lowest BCUT2D eigenvalue weighted by Gasteiger charge is -2.17. The summed E-state index contributed by atoms with van der Waals surface area (Å²) in [7, 11) is 0. The summed E-state index contributed by atoms with van der Waals surface area (Å²) in [4.78, 5) is 25.2. The second kappa shape index (κ2) is 15.9. The normalized spacial score (nSPS) is 12.0. The number of hydrogen-bond acceptors (Lipinski definition) is 4. The molecule has 0 spiro atoms. The van der Waals surface area contributed by atoms with E-state index in [1.807, 2.05) is 0 Å². The Bertz CT molecular complexity index is 609. The maximum Gasteiger partial charge on any atom is 0.339 e. The van der Waals surface area contributed by atoms with Crippen LogP contribution in [-0.4, -0.2) is 25.2 Å². The highest BCUT2D eigenvalue weighted by molar-refractivity contribution is 6.03. The number of hydrogen-bond donors (Lipinski definition) is 0. The minimum atomic E-state index is -0.445. The van der Waals surface area contributed by atoms with Crippen molar-refractivity contribution in [2.24, 2.45) is 11.8 Å². The lowest BCUT2D eigenvalue weighted by molar-refractivity contribution is 0.0401. The van der Waals surface area contributed by atoms with Crippen LogP contribution < -0.4 is 0 Å². The predicted molar refractivity (Wildman–Crippen MR) is 123 cm³/mol. The van der Waals surface area contributed by atoms with Crippen LogP contribution in [0.4, 0.5) is 0 Å². The number of unbranched alkanes of at least 4 members (excludes halogenated alkanes) is 4. The van der Waals surface area contributed by atoms with Gasteiger partial charge in [-0.25, -0.2) is 9.59 Å². The molecule has 0 aromatic heterocycles. The van der Waals surface area contributed by atoms with Crippen LogP contribution in [0.15, 0.2) is 24.3 Å². The van der Waals surface area contributed by atoms with Gasteiger partial charge in [-0.3, -0.25) is 0 Å². The number of rotatable bonds is 16. The van der Waals surface area contributed by atoms with Gasteiger partial charge < -0.3 is 9.47 Å². The number of carbonyl (C=O) groups excluding carboxylic acids is 2. The summed E-state index contributed by atoms with van der Waals surface area (Å²) in [6.45, 7) is 9.57. The van der Waals surface area contributed by atoms with Crippen LogP contribution in [0.2, 0.25) is 0 Å². The van der Waals surface area contributed by atoms with E-state index in [2.05, 4.69) is 27.7 Å². The summed E-state index contributed by atoms with van der Waals surface area (Å²) < 4.78 is 11.0. The molecule has 0 saturated carbocycles. The van der Waals surface area contributed by atoms with Gasteiger partial charge in [0.15, 0.2) is 0 Å². The summed E-state index contributed by atoms with van der Waals surface area (Å²) in [5.41, 5.74) is 0.591. The Morgan fingerprint density at radius 3 is 2.00 bits per heavy atom. The highest BCUT2D eigenvalue weighted by atomic mass is 16.5. The first-order valence-corrected chi connectivity index (χ1v) is 11.9. The SMILES string of the molecule is CCCCCC(CCC)COC(=O)c1ccccc1C(=O)OCCCCCC(C)C. The van der Waals surface area contributed by atoms with Crippen molar-refractivity contribution >= 4 is 11.9 Å². The third kappa shape index (κ3) is 10.8. The van der Waals surface area contributed by atoms with Gasteiger partial charge in [0.1, 0.15) is 0 Å². The van der Waals surface area contributed by atoms with E-state index >= 15 is 0 Å². The molecular formula is C26H42O4. The first-order valence-electron chi connectivity index (χ1n) is 11.9. The second-order valence-electron chi connectivity index (χ2n) is 8.67. The van der Waals surface area contributed by atoms with Gasteiger partial charge in [0, 0.05) is 0 Å². The van der Waals surface area contributed by atoms with Crippen molar-refractivity contribution in [3.63, 3.8) is 0 Å². The van der Waals surface area contributed by atoms with E-state index in [-0.39, 0.29) is 0 Å². The van der Waals surface area contributed by atoms with Crippen molar-refractivity contribution in [1.82, 2.24) is 0 Å². The molecule has 0 aliphatic carbocycles. The molecule has 1 aromatic carbocycles. The van der Waals surface area contributed by atoms with Crippen LogP contribution in [0.5, 0.6) is 0 Å². The smallest absolute Gasteiger partial charge is 0.339 e. The minimum absolute atomic E-state index is 0.294. The van der Waals surface area contributed by atoms with E-state index in [1.54, 1.807) is 24.3 Å². The molecule has 170 valence electrons. The monoisotopic (exact) mass is 418 g/mol. The Labute approximate surface area is 183 Å². The first kappa shape index (κ1) is 26.2. The molecule has 30 heavy (non-hydrogen) atoms. The van der Waals surface area contributed by atoms with Gasteiger partial charge in [0.25, 0.3) is 0 Å². The second-order valence-corrected chi connectivity index (χ2v) is 8.67. The summed E-state index contributed by atoms with van der Waals surface area (Å²) in [6, 6.07) is 6.79. The first-order chi connectivity index (χ1) is 14.5. The molecule has 0 fully saturated rings. The van der Waals surface area contributed by atoms with E-state index in [0.29, 0.717) is 36.2 Å². The fourth-order valence-electron chi connectivity index (χ4n) is 3.59. The van der Waals surface area contributed by atoms with Crippen LogP contribution in [0.1, 0.15) is 113 Å². The molecule has 0 bridgehead atoms.